The summed E-state index contributed by atoms with van der Waals surface area (Å²) in [6, 6.07) is 20.1. The number of rotatable bonds is 10. The van der Waals surface area contributed by atoms with E-state index < -0.39 is 28.3 Å². The molecule has 0 fully saturated rings. The van der Waals surface area contributed by atoms with Gasteiger partial charge in [0.25, 0.3) is 10.0 Å². The Hall–Kier alpha value is -4.44. The average Bonchev–Trinajstić information content (AvgIpc) is 2.93. The van der Waals surface area contributed by atoms with Crippen LogP contribution in [0.25, 0.3) is 0 Å². The normalized spacial score (nSPS) is 11.0. The lowest BCUT2D eigenvalue weighted by Gasteiger charge is -2.24. The molecule has 0 radical (unpaired) electrons. The first-order valence-corrected chi connectivity index (χ1v) is 13.0. The Morgan fingerprint density at radius 2 is 1.50 bits per heavy atom. The molecule has 0 unspecified atom stereocenters. The predicted octanol–water partition coefficient (Wildman–Crippen LogP) is 4.66. The average molecular weight is 536 g/mol. The summed E-state index contributed by atoms with van der Waals surface area (Å²) < 4.78 is 52.2. The maximum atomic E-state index is 13.6. The molecule has 10 heteroatoms. The lowest BCUT2D eigenvalue weighted by atomic mass is 10.1. The Morgan fingerprint density at radius 3 is 2.13 bits per heavy atom. The molecule has 8 nitrogen and oxygen atoms in total. The second-order valence-corrected chi connectivity index (χ2v) is 10.1. The first-order chi connectivity index (χ1) is 18.3. The molecular weight excluding hydrogens is 509 g/mol. The number of pyridine rings is 1. The third kappa shape index (κ3) is 6.27. The number of carbonyl (C=O) groups is 1. The van der Waals surface area contributed by atoms with Gasteiger partial charge in [-0.05, 0) is 78.2 Å². The molecule has 0 aliphatic heterocycles. The van der Waals surface area contributed by atoms with Crippen LogP contribution in [0, 0.1) is 5.82 Å². The van der Waals surface area contributed by atoms with Crippen LogP contribution in [0.2, 0.25) is 0 Å². The quantitative estimate of drug-likeness (QED) is 0.317. The summed E-state index contributed by atoms with van der Waals surface area (Å²) in [6.07, 6.45) is 4.17. The molecule has 1 aromatic heterocycles. The Balaban J connectivity index is 1.56. The van der Waals surface area contributed by atoms with Gasteiger partial charge < -0.3 is 14.8 Å². The summed E-state index contributed by atoms with van der Waals surface area (Å²) in [4.78, 5) is 16.9. The minimum absolute atomic E-state index is 0.118. The van der Waals surface area contributed by atoms with Gasteiger partial charge in [0.15, 0.2) is 11.5 Å². The molecule has 1 heterocycles. The number of sulfonamides is 1. The van der Waals surface area contributed by atoms with E-state index in [2.05, 4.69) is 10.3 Å². The van der Waals surface area contributed by atoms with Crippen molar-refractivity contribution in [3.63, 3.8) is 0 Å². The Kier molecular flexibility index (Phi) is 8.22. The molecule has 0 bridgehead atoms. The van der Waals surface area contributed by atoms with Gasteiger partial charge in [0.2, 0.25) is 5.91 Å². The summed E-state index contributed by atoms with van der Waals surface area (Å²) >= 11 is 0. The van der Waals surface area contributed by atoms with Crippen LogP contribution >= 0.6 is 0 Å². The Labute approximate surface area is 220 Å². The molecule has 4 rings (SSSR count). The lowest BCUT2D eigenvalue weighted by Crippen LogP contribution is -2.38. The van der Waals surface area contributed by atoms with E-state index in [1.807, 2.05) is 24.3 Å². The van der Waals surface area contributed by atoms with E-state index in [9.17, 15) is 17.6 Å². The third-order valence-electron chi connectivity index (χ3n) is 5.74. The number of benzene rings is 3. The molecule has 0 saturated heterocycles. The van der Waals surface area contributed by atoms with E-state index in [0.717, 1.165) is 27.6 Å². The molecule has 1 N–H and O–H groups in total. The van der Waals surface area contributed by atoms with Crippen LogP contribution in [0.15, 0.2) is 96.2 Å². The molecule has 38 heavy (non-hydrogen) atoms. The molecular formula is C28H26FN3O5S. The largest absolute Gasteiger partial charge is 0.493 e. The minimum atomic E-state index is -4.24. The SMILES string of the molecule is COc1ccc(S(=O)(=O)N(CC(=O)Nc2ccc(Cc3ccncc3)cc2)c2ccc(F)cc2)cc1OC. The van der Waals surface area contributed by atoms with Crippen molar-refractivity contribution in [3.8, 4) is 11.5 Å². The molecule has 1 amide bonds. The van der Waals surface area contributed by atoms with Crippen molar-refractivity contribution in [1.82, 2.24) is 4.98 Å². The van der Waals surface area contributed by atoms with Crippen LogP contribution in [0.1, 0.15) is 11.1 Å². The molecule has 196 valence electrons. The fraction of sp³-hybridized carbons (Fsp3) is 0.143. The Bertz CT molecular complexity index is 1500. The minimum Gasteiger partial charge on any atom is -0.493 e. The Morgan fingerprint density at radius 1 is 0.868 bits per heavy atom. The maximum absolute atomic E-state index is 13.6. The summed E-state index contributed by atoms with van der Waals surface area (Å²) in [7, 11) is -1.42. The number of ether oxygens (including phenoxy) is 2. The summed E-state index contributed by atoms with van der Waals surface area (Å²) in [5.74, 6) is -0.539. The number of nitrogens with zero attached hydrogens (tertiary/aromatic N) is 2. The monoisotopic (exact) mass is 535 g/mol. The summed E-state index contributed by atoms with van der Waals surface area (Å²) in [5, 5.41) is 2.74. The van der Waals surface area contributed by atoms with Crippen molar-refractivity contribution in [2.45, 2.75) is 11.3 Å². The smallest absolute Gasteiger partial charge is 0.264 e. The first-order valence-electron chi connectivity index (χ1n) is 11.6. The van der Waals surface area contributed by atoms with Gasteiger partial charge in [-0.2, -0.15) is 0 Å². The number of anilines is 2. The number of amides is 1. The molecule has 0 aliphatic carbocycles. The molecule has 4 aromatic rings. The van der Waals surface area contributed by atoms with Crippen molar-refractivity contribution in [3.05, 3.63) is 108 Å². The van der Waals surface area contributed by atoms with Crippen molar-refractivity contribution < 1.29 is 27.1 Å². The van der Waals surface area contributed by atoms with Crippen molar-refractivity contribution >= 4 is 27.3 Å². The van der Waals surface area contributed by atoms with Crippen molar-refractivity contribution in [2.24, 2.45) is 0 Å². The van der Waals surface area contributed by atoms with Gasteiger partial charge in [0.05, 0.1) is 24.8 Å². The van der Waals surface area contributed by atoms with Gasteiger partial charge in [-0.3, -0.25) is 14.1 Å². The zero-order valence-corrected chi connectivity index (χ0v) is 21.6. The van der Waals surface area contributed by atoms with E-state index in [1.54, 1.807) is 24.5 Å². The number of hydrogen-bond acceptors (Lipinski definition) is 6. The van der Waals surface area contributed by atoms with Gasteiger partial charge in [0, 0.05) is 24.1 Å². The standard InChI is InChI=1S/C28H26FN3O5S/c1-36-26-12-11-25(18-27(26)37-2)38(34,35)32(24-9-5-22(29)6-10-24)19-28(33)31-23-7-3-20(4-8-23)17-21-13-15-30-16-14-21/h3-16,18H,17,19H2,1-2H3,(H,31,33). The topological polar surface area (TPSA) is 97.8 Å². The van der Waals surface area contributed by atoms with Crippen LogP contribution in [0.3, 0.4) is 0 Å². The van der Waals surface area contributed by atoms with Crippen LogP contribution in [0.4, 0.5) is 15.8 Å². The number of hydrogen-bond donors (Lipinski definition) is 1. The fourth-order valence-corrected chi connectivity index (χ4v) is 5.24. The van der Waals surface area contributed by atoms with Crippen LogP contribution in [-0.4, -0.2) is 40.1 Å². The number of carbonyl (C=O) groups excluding carboxylic acids is 1. The van der Waals surface area contributed by atoms with Gasteiger partial charge in [-0.1, -0.05) is 12.1 Å². The number of methoxy groups -OCH3 is 2. The maximum Gasteiger partial charge on any atom is 0.264 e. The fourth-order valence-electron chi connectivity index (χ4n) is 3.80. The van der Waals surface area contributed by atoms with E-state index in [1.165, 1.54) is 44.6 Å². The zero-order chi connectivity index (χ0) is 27.1. The predicted molar refractivity (Wildman–Crippen MR) is 143 cm³/mol. The second-order valence-electron chi connectivity index (χ2n) is 8.28. The third-order valence-corrected chi connectivity index (χ3v) is 7.51. The van der Waals surface area contributed by atoms with Gasteiger partial charge in [0.1, 0.15) is 12.4 Å². The summed E-state index contributed by atoms with van der Waals surface area (Å²) in [5.41, 5.74) is 2.78. The molecule has 3 aromatic carbocycles. The highest BCUT2D eigenvalue weighted by Gasteiger charge is 2.28. The highest BCUT2D eigenvalue weighted by Crippen LogP contribution is 2.32. The van der Waals surface area contributed by atoms with Crippen LogP contribution in [0.5, 0.6) is 11.5 Å². The van der Waals surface area contributed by atoms with E-state index in [-0.39, 0.29) is 16.3 Å². The van der Waals surface area contributed by atoms with Crippen LogP contribution < -0.4 is 19.1 Å². The number of aromatic nitrogens is 1. The molecule has 0 atom stereocenters. The number of nitrogens with one attached hydrogen (secondary N) is 1. The molecule has 0 saturated carbocycles. The van der Waals surface area contributed by atoms with E-state index >= 15 is 0 Å². The van der Waals surface area contributed by atoms with Crippen molar-refractivity contribution in [2.75, 3.05) is 30.4 Å². The van der Waals surface area contributed by atoms with E-state index in [4.69, 9.17) is 9.47 Å². The van der Waals surface area contributed by atoms with Gasteiger partial charge in [-0.25, -0.2) is 12.8 Å². The van der Waals surface area contributed by atoms with E-state index in [0.29, 0.717) is 17.9 Å². The second kappa shape index (κ2) is 11.7. The molecule has 0 aliphatic rings. The highest BCUT2D eigenvalue weighted by atomic mass is 32.2. The first kappa shape index (κ1) is 26.6. The van der Waals surface area contributed by atoms with Gasteiger partial charge in [-0.15, -0.1) is 0 Å². The summed E-state index contributed by atoms with van der Waals surface area (Å²) in [6.45, 7) is -0.541. The van der Waals surface area contributed by atoms with Gasteiger partial charge >= 0.3 is 0 Å². The zero-order valence-electron chi connectivity index (χ0n) is 20.8. The lowest BCUT2D eigenvalue weighted by molar-refractivity contribution is -0.114. The number of halogens is 1. The van der Waals surface area contributed by atoms with Crippen LogP contribution in [-0.2, 0) is 21.2 Å². The molecule has 0 spiro atoms. The van der Waals surface area contributed by atoms with Crippen molar-refractivity contribution in [1.29, 1.82) is 0 Å². The highest BCUT2D eigenvalue weighted by molar-refractivity contribution is 7.92.